The molecule has 0 amide bonds. The number of aromatic nitrogens is 2. The summed E-state index contributed by atoms with van der Waals surface area (Å²) in [6, 6.07) is 3.39. The lowest BCUT2D eigenvalue weighted by molar-refractivity contribution is -0.284. The summed E-state index contributed by atoms with van der Waals surface area (Å²) in [6.45, 7) is 3.68. The molecular formula is C21H26F8N2O2S. The zero-order valence-corrected chi connectivity index (χ0v) is 19.4. The zero-order chi connectivity index (χ0) is 26.0. The van der Waals surface area contributed by atoms with Gasteiger partial charge in [-0.1, -0.05) is 38.0 Å². The molecule has 2 aromatic rings. The second kappa shape index (κ2) is 13.2. The Balaban J connectivity index is 0.00000281. The van der Waals surface area contributed by atoms with E-state index < -0.39 is 36.0 Å². The van der Waals surface area contributed by atoms with Crippen LogP contribution in [0.1, 0.15) is 56.5 Å². The van der Waals surface area contributed by atoms with Gasteiger partial charge >= 0.3 is 18.3 Å². The fourth-order valence-corrected chi connectivity index (χ4v) is 3.53. The molecular weight excluding hydrogens is 496 g/mol. The number of benzene rings is 1. The van der Waals surface area contributed by atoms with E-state index in [2.05, 4.69) is 10.2 Å². The number of hydrogen-bond donors (Lipinski definition) is 1. The van der Waals surface area contributed by atoms with Crippen LogP contribution in [-0.4, -0.2) is 40.6 Å². The van der Waals surface area contributed by atoms with Crippen LogP contribution in [-0.2, 0) is 12.6 Å². The van der Waals surface area contributed by atoms with Gasteiger partial charge in [0.15, 0.2) is 0 Å². The Bertz CT molecular complexity index is 869. The van der Waals surface area contributed by atoms with Crippen LogP contribution in [0.5, 0.6) is 5.75 Å². The minimum absolute atomic E-state index is 0.0628. The molecule has 13 heteroatoms. The number of nitrogens with zero attached hydrogens (tertiary/aromatic N) is 2. The number of unbranched alkanes of at least 4 members (excludes halogenated alkanes) is 3. The predicted molar refractivity (Wildman–Crippen MR) is 112 cm³/mol. The second-order valence-corrected chi connectivity index (χ2v) is 7.96. The molecule has 0 bridgehead atoms. The maximum atomic E-state index is 13.4. The highest BCUT2D eigenvalue weighted by atomic mass is 32.1. The molecule has 0 fully saturated rings. The van der Waals surface area contributed by atoms with Crippen molar-refractivity contribution >= 4 is 11.3 Å². The van der Waals surface area contributed by atoms with E-state index in [9.17, 15) is 35.1 Å². The molecule has 0 spiro atoms. The first-order chi connectivity index (χ1) is 15.8. The molecule has 2 rings (SSSR count). The standard InChI is InChI=1S/C19H20F8N2O2S.C2H6/c20-17(21,19(25,26)27)8-3-1-2-4-10-31-14-6-5-12(11-13(14)18(22,23)24)16-29-28-15(32-16)7-9-30;1-2/h5-6,11,30H,1-4,7-10H2;1-2H3. The van der Waals surface area contributed by atoms with Gasteiger partial charge in [0.1, 0.15) is 15.8 Å². The first-order valence-electron chi connectivity index (χ1n) is 10.6. The second-order valence-electron chi connectivity index (χ2n) is 6.90. The minimum atomic E-state index is -5.59. The number of aliphatic hydroxyl groups is 1. The van der Waals surface area contributed by atoms with Crippen molar-refractivity contribution in [3.05, 3.63) is 28.8 Å². The molecule has 1 aromatic carbocycles. The molecule has 4 nitrogen and oxygen atoms in total. The van der Waals surface area contributed by atoms with Gasteiger partial charge in [0.25, 0.3) is 0 Å². The Morgan fingerprint density at radius 3 is 2.15 bits per heavy atom. The molecule has 0 aliphatic carbocycles. The fraction of sp³-hybridized carbons (Fsp3) is 0.619. The Labute approximate surface area is 196 Å². The molecule has 0 aliphatic heterocycles. The molecule has 0 saturated carbocycles. The predicted octanol–water partition coefficient (Wildman–Crippen LogP) is 7.31. The molecule has 0 atom stereocenters. The van der Waals surface area contributed by atoms with Crippen molar-refractivity contribution in [3.63, 3.8) is 0 Å². The molecule has 0 saturated heterocycles. The summed E-state index contributed by atoms with van der Waals surface area (Å²) in [5, 5.41) is 17.2. The van der Waals surface area contributed by atoms with Crippen LogP contribution in [0.4, 0.5) is 35.1 Å². The van der Waals surface area contributed by atoms with Gasteiger partial charge in [-0.3, -0.25) is 0 Å². The molecule has 1 aromatic heterocycles. The third-order valence-electron chi connectivity index (χ3n) is 4.38. The quantitative estimate of drug-likeness (QED) is 0.248. The molecule has 0 aliphatic rings. The van der Waals surface area contributed by atoms with Gasteiger partial charge in [-0.2, -0.15) is 35.1 Å². The first-order valence-corrected chi connectivity index (χ1v) is 11.4. The van der Waals surface area contributed by atoms with Crippen molar-refractivity contribution in [3.8, 4) is 16.3 Å². The Hall–Kier alpha value is -2.02. The topological polar surface area (TPSA) is 55.2 Å². The SMILES string of the molecule is CC.OCCc1nnc(-c2ccc(OCCCCCCC(F)(F)C(F)(F)F)c(C(F)(F)F)c2)s1. The van der Waals surface area contributed by atoms with Gasteiger partial charge in [-0.25, -0.2) is 0 Å². The summed E-state index contributed by atoms with van der Waals surface area (Å²) in [5.74, 6) is -5.18. The minimum Gasteiger partial charge on any atom is -0.493 e. The van der Waals surface area contributed by atoms with E-state index in [-0.39, 0.29) is 55.9 Å². The number of aliphatic hydroxyl groups excluding tert-OH is 1. The number of rotatable bonds is 11. The van der Waals surface area contributed by atoms with E-state index in [4.69, 9.17) is 9.84 Å². The summed E-state index contributed by atoms with van der Waals surface area (Å²) in [5.41, 5.74) is -0.851. The van der Waals surface area contributed by atoms with Crippen molar-refractivity contribution in [2.45, 2.75) is 70.6 Å². The average Bonchev–Trinajstić information content (AvgIpc) is 3.22. The first kappa shape index (κ1) is 30.0. The van der Waals surface area contributed by atoms with Crippen molar-refractivity contribution < 1.29 is 45.0 Å². The summed E-state index contributed by atoms with van der Waals surface area (Å²) in [4.78, 5) is 0. The van der Waals surface area contributed by atoms with E-state index in [1.54, 1.807) is 0 Å². The van der Waals surface area contributed by atoms with Gasteiger partial charge in [-0.15, -0.1) is 10.2 Å². The summed E-state index contributed by atoms with van der Waals surface area (Å²) in [6.07, 6.45) is -11.3. The highest BCUT2D eigenvalue weighted by Crippen LogP contribution is 2.40. The van der Waals surface area contributed by atoms with Gasteiger partial charge in [-0.05, 0) is 31.0 Å². The largest absolute Gasteiger partial charge is 0.493 e. The Morgan fingerprint density at radius 1 is 0.912 bits per heavy atom. The summed E-state index contributed by atoms with van der Waals surface area (Å²) < 4.78 is 107. The van der Waals surface area contributed by atoms with Crippen LogP contribution in [0.2, 0.25) is 0 Å². The van der Waals surface area contributed by atoms with Gasteiger partial charge in [0, 0.05) is 25.0 Å². The number of halogens is 8. The Morgan fingerprint density at radius 2 is 1.56 bits per heavy atom. The zero-order valence-electron chi connectivity index (χ0n) is 18.6. The van der Waals surface area contributed by atoms with Gasteiger partial charge in [0.2, 0.25) is 0 Å². The monoisotopic (exact) mass is 522 g/mol. The molecule has 194 valence electrons. The van der Waals surface area contributed by atoms with Crippen LogP contribution in [0.3, 0.4) is 0 Å². The average molecular weight is 523 g/mol. The normalized spacial score (nSPS) is 12.3. The Kier molecular flexibility index (Phi) is 11.6. The molecule has 1 N–H and O–H groups in total. The van der Waals surface area contributed by atoms with Crippen molar-refractivity contribution in [2.24, 2.45) is 0 Å². The molecule has 0 unspecified atom stereocenters. The third kappa shape index (κ3) is 8.97. The maximum Gasteiger partial charge on any atom is 0.453 e. The smallest absolute Gasteiger partial charge is 0.453 e. The summed E-state index contributed by atoms with van der Waals surface area (Å²) in [7, 11) is 0. The maximum absolute atomic E-state index is 13.4. The highest BCUT2D eigenvalue weighted by Gasteiger charge is 2.56. The van der Waals surface area contributed by atoms with Gasteiger partial charge in [0.05, 0.1) is 12.2 Å². The molecule has 34 heavy (non-hydrogen) atoms. The number of hydrogen-bond acceptors (Lipinski definition) is 5. The van der Waals surface area contributed by atoms with E-state index in [1.165, 1.54) is 6.07 Å². The molecule has 0 radical (unpaired) electrons. The van der Waals surface area contributed by atoms with E-state index in [1.807, 2.05) is 13.8 Å². The number of ether oxygens (including phenoxy) is 1. The van der Waals surface area contributed by atoms with Crippen LogP contribution in [0, 0.1) is 0 Å². The van der Waals surface area contributed by atoms with Crippen LogP contribution >= 0.6 is 11.3 Å². The van der Waals surface area contributed by atoms with Crippen LogP contribution < -0.4 is 4.74 Å². The fourth-order valence-electron chi connectivity index (χ4n) is 2.70. The number of alkyl halides is 8. The third-order valence-corrected chi connectivity index (χ3v) is 5.41. The van der Waals surface area contributed by atoms with Crippen molar-refractivity contribution in [1.29, 1.82) is 0 Å². The van der Waals surface area contributed by atoms with Gasteiger partial charge < -0.3 is 9.84 Å². The lowest BCUT2D eigenvalue weighted by Crippen LogP contribution is -2.36. The van der Waals surface area contributed by atoms with Crippen LogP contribution in [0.25, 0.3) is 10.6 Å². The lowest BCUT2D eigenvalue weighted by Gasteiger charge is -2.19. The highest BCUT2D eigenvalue weighted by molar-refractivity contribution is 7.14. The molecule has 1 heterocycles. The lowest BCUT2D eigenvalue weighted by atomic mass is 10.1. The van der Waals surface area contributed by atoms with E-state index >= 15 is 0 Å². The van der Waals surface area contributed by atoms with Crippen LogP contribution in [0.15, 0.2) is 18.2 Å². The van der Waals surface area contributed by atoms with Crippen molar-refractivity contribution in [2.75, 3.05) is 13.2 Å². The van der Waals surface area contributed by atoms with E-state index in [0.29, 0.717) is 5.01 Å². The van der Waals surface area contributed by atoms with Crippen molar-refractivity contribution in [1.82, 2.24) is 10.2 Å². The summed E-state index contributed by atoms with van der Waals surface area (Å²) >= 11 is 1.05. The van der Waals surface area contributed by atoms with E-state index in [0.717, 1.165) is 23.5 Å².